The van der Waals surface area contributed by atoms with E-state index in [4.69, 9.17) is 9.47 Å². The Morgan fingerprint density at radius 1 is 1.35 bits per heavy atom. The van der Waals surface area contributed by atoms with E-state index in [1.165, 1.54) is 12.8 Å². The first-order chi connectivity index (χ1) is 8.22. The maximum atomic E-state index is 9.66. The van der Waals surface area contributed by atoms with Crippen LogP contribution in [0, 0.1) is 0 Å². The molecule has 1 rings (SSSR count). The second-order valence-electron chi connectivity index (χ2n) is 4.44. The van der Waals surface area contributed by atoms with E-state index < -0.39 is 6.10 Å². The van der Waals surface area contributed by atoms with Crippen LogP contribution in [0.25, 0.3) is 0 Å². The molecule has 0 bridgehead atoms. The predicted molar refractivity (Wildman–Crippen MR) is 71.7 cm³/mol. The molecule has 0 amide bonds. The van der Waals surface area contributed by atoms with Crippen molar-refractivity contribution in [2.75, 3.05) is 45.8 Å². The Balaban J connectivity index is 1.89. The summed E-state index contributed by atoms with van der Waals surface area (Å²) in [6, 6.07) is 0. The third-order valence-electron chi connectivity index (χ3n) is 2.95. The normalized spacial score (nSPS) is 19.2. The summed E-state index contributed by atoms with van der Waals surface area (Å²) < 4.78 is 10.9. The predicted octanol–water partition coefficient (Wildman–Crippen LogP) is 0.886. The minimum Gasteiger partial charge on any atom is -0.389 e. The van der Waals surface area contributed by atoms with Crippen molar-refractivity contribution < 1.29 is 14.6 Å². The van der Waals surface area contributed by atoms with Gasteiger partial charge < -0.3 is 19.9 Å². The molecular weight excluding hydrogens is 238 g/mol. The van der Waals surface area contributed by atoms with Gasteiger partial charge in [0.25, 0.3) is 0 Å². The SMILES string of the molecule is CCOCCOCC(O)CNCC1(SC)CC1. The standard InChI is InChI=1S/C12H25NO3S/c1-3-15-6-7-16-9-11(14)8-13-10-12(17-2)4-5-12/h11,13-14H,3-10H2,1-2H3. The van der Waals surface area contributed by atoms with Crippen molar-refractivity contribution in [3.8, 4) is 0 Å². The molecule has 17 heavy (non-hydrogen) atoms. The molecule has 0 aromatic heterocycles. The Kier molecular flexibility index (Phi) is 7.46. The highest BCUT2D eigenvalue weighted by atomic mass is 32.2. The van der Waals surface area contributed by atoms with Gasteiger partial charge in [-0.1, -0.05) is 0 Å². The zero-order valence-corrected chi connectivity index (χ0v) is 11.7. The van der Waals surface area contributed by atoms with E-state index in [9.17, 15) is 5.11 Å². The van der Waals surface area contributed by atoms with E-state index >= 15 is 0 Å². The molecule has 0 saturated heterocycles. The molecule has 0 radical (unpaired) electrons. The third-order valence-corrected chi connectivity index (χ3v) is 4.37. The summed E-state index contributed by atoms with van der Waals surface area (Å²) in [5.74, 6) is 0. The second kappa shape index (κ2) is 8.32. The van der Waals surface area contributed by atoms with Crippen molar-refractivity contribution in [2.24, 2.45) is 0 Å². The summed E-state index contributed by atoms with van der Waals surface area (Å²) in [6.45, 7) is 5.81. The number of aliphatic hydroxyl groups is 1. The maximum absolute atomic E-state index is 9.66. The highest BCUT2D eigenvalue weighted by Gasteiger charge is 2.41. The quantitative estimate of drug-likeness (QED) is 0.542. The molecule has 1 atom stereocenters. The van der Waals surface area contributed by atoms with Crippen LogP contribution in [-0.2, 0) is 9.47 Å². The van der Waals surface area contributed by atoms with Crippen molar-refractivity contribution in [1.82, 2.24) is 5.32 Å². The average Bonchev–Trinajstić information content (AvgIpc) is 3.09. The van der Waals surface area contributed by atoms with Gasteiger partial charge in [0.15, 0.2) is 0 Å². The lowest BCUT2D eigenvalue weighted by Crippen LogP contribution is -2.35. The molecule has 1 fully saturated rings. The number of aliphatic hydroxyl groups excluding tert-OH is 1. The number of nitrogens with one attached hydrogen (secondary N) is 1. The summed E-state index contributed by atoms with van der Waals surface area (Å²) >= 11 is 1.92. The van der Waals surface area contributed by atoms with Crippen molar-refractivity contribution >= 4 is 11.8 Å². The van der Waals surface area contributed by atoms with Crippen LogP contribution in [0.1, 0.15) is 19.8 Å². The molecule has 1 saturated carbocycles. The molecule has 0 aromatic rings. The van der Waals surface area contributed by atoms with Gasteiger partial charge in [0.2, 0.25) is 0 Å². The Morgan fingerprint density at radius 3 is 2.65 bits per heavy atom. The molecule has 0 aromatic carbocycles. The molecule has 0 heterocycles. The van der Waals surface area contributed by atoms with E-state index in [0.717, 1.165) is 6.54 Å². The lowest BCUT2D eigenvalue weighted by Gasteiger charge is -2.16. The van der Waals surface area contributed by atoms with E-state index in [1.807, 2.05) is 18.7 Å². The van der Waals surface area contributed by atoms with Crippen LogP contribution in [0.15, 0.2) is 0 Å². The smallest absolute Gasteiger partial charge is 0.0897 e. The van der Waals surface area contributed by atoms with Crippen LogP contribution in [0.2, 0.25) is 0 Å². The molecule has 2 N–H and O–H groups in total. The summed E-state index contributed by atoms with van der Waals surface area (Å²) in [4.78, 5) is 0. The number of thioether (sulfide) groups is 1. The molecule has 102 valence electrons. The lowest BCUT2D eigenvalue weighted by molar-refractivity contribution is 0.00656. The van der Waals surface area contributed by atoms with Crippen LogP contribution in [-0.4, -0.2) is 61.7 Å². The van der Waals surface area contributed by atoms with Crippen molar-refractivity contribution in [3.05, 3.63) is 0 Å². The van der Waals surface area contributed by atoms with Crippen LogP contribution >= 0.6 is 11.8 Å². The van der Waals surface area contributed by atoms with E-state index in [2.05, 4.69) is 11.6 Å². The van der Waals surface area contributed by atoms with Crippen LogP contribution in [0.5, 0.6) is 0 Å². The number of hydrogen-bond donors (Lipinski definition) is 2. The van der Waals surface area contributed by atoms with E-state index in [-0.39, 0.29) is 0 Å². The topological polar surface area (TPSA) is 50.7 Å². The fourth-order valence-electron chi connectivity index (χ4n) is 1.60. The van der Waals surface area contributed by atoms with Crippen molar-refractivity contribution in [2.45, 2.75) is 30.6 Å². The number of ether oxygens (including phenoxy) is 2. The van der Waals surface area contributed by atoms with Crippen LogP contribution in [0.4, 0.5) is 0 Å². The summed E-state index contributed by atoms with van der Waals surface area (Å²) in [5, 5.41) is 13.0. The van der Waals surface area contributed by atoms with Crippen molar-refractivity contribution in [1.29, 1.82) is 0 Å². The minimum atomic E-state index is -0.422. The van der Waals surface area contributed by atoms with Gasteiger partial charge in [-0.3, -0.25) is 0 Å². The monoisotopic (exact) mass is 263 g/mol. The molecular formula is C12H25NO3S. The molecule has 1 aliphatic carbocycles. The van der Waals surface area contributed by atoms with Crippen LogP contribution in [0.3, 0.4) is 0 Å². The van der Waals surface area contributed by atoms with Crippen molar-refractivity contribution in [3.63, 3.8) is 0 Å². The third kappa shape index (κ3) is 6.62. The number of rotatable bonds is 11. The fourth-order valence-corrected chi connectivity index (χ4v) is 2.36. The molecule has 1 unspecified atom stereocenters. The van der Waals surface area contributed by atoms with Gasteiger partial charge in [0.1, 0.15) is 0 Å². The summed E-state index contributed by atoms with van der Waals surface area (Å²) in [7, 11) is 0. The van der Waals surface area contributed by atoms with Gasteiger partial charge in [-0.25, -0.2) is 0 Å². The maximum Gasteiger partial charge on any atom is 0.0897 e. The van der Waals surface area contributed by atoms with Gasteiger partial charge in [0, 0.05) is 24.4 Å². The molecule has 0 spiro atoms. The Morgan fingerprint density at radius 2 is 2.06 bits per heavy atom. The first-order valence-electron chi connectivity index (χ1n) is 6.32. The van der Waals surface area contributed by atoms with E-state index in [0.29, 0.717) is 37.7 Å². The Labute approximate surface area is 108 Å². The zero-order valence-electron chi connectivity index (χ0n) is 10.9. The molecule has 1 aliphatic rings. The Hall–Kier alpha value is 0.190. The minimum absolute atomic E-state index is 0.381. The van der Waals surface area contributed by atoms with Gasteiger partial charge in [-0.15, -0.1) is 0 Å². The first kappa shape index (κ1) is 15.2. The highest BCUT2D eigenvalue weighted by Crippen LogP contribution is 2.46. The van der Waals surface area contributed by atoms with Gasteiger partial charge in [0.05, 0.1) is 25.9 Å². The van der Waals surface area contributed by atoms with Crippen LogP contribution < -0.4 is 5.32 Å². The highest BCUT2D eigenvalue weighted by molar-refractivity contribution is 8.00. The molecule has 5 heteroatoms. The molecule has 4 nitrogen and oxygen atoms in total. The van der Waals surface area contributed by atoms with Gasteiger partial charge in [-0.05, 0) is 26.0 Å². The largest absolute Gasteiger partial charge is 0.389 e. The van der Waals surface area contributed by atoms with Gasteiger partial charge in [-0.2, -0.15) is 11.8 Å². The number of hydrogen-bond acceptors (Lipinski definition) is 5. The first-order valence-corrected chi connectivity index (χ1v) is 7.54. The van der Waals surface area contributed by atoms with E-state index in [1.54, 1.807) is 0 Å². The zero-order chi connectivity index (χ0) is 12.6. The Bertz CT molecular complexity index is 200. The summed E-state index contributed by atoms with van der Waals surface area (Å²) in [5.41, 5.74) is 0. The second-order valence-corrected chi connectivity index (χ2v) is 5.72. The average molecular weight is 263 g/mol. The lowest BCUT2D eigenvalue weighted by atomic mass is 10.3. The summed E-state index contributed by atoms with van der Waals surface area (Å²) in [6.07, 6.45) is 4.32. The molecule has 0 aliphatic heterocycles. The fraction of sp³-hybridized carbons (Fsp3) is 1.00. The van der Waals surface area contributed by atoms with Gasteiger partial charge >= 0.3 is 0 Å².